The fraction of sp³-hybridized carbons (Fsp3) is 0.318. The molecule has 0 radical (unpaired) electrons. The summed E-state index contributed by atoms with van der Waals surface area (Å²) in [6, 6.07) is 17.3. The maximum atomic E-state index is 13.1. The number of thioether (sulfide) groups is 1. The average molecular weight is 489 g/mol. The van der Waals surface area contributed by atoms with Gasteiger partial charge in [-0.25, -0.2) is 8.42 Å². The zero-order valence-electron chi connectivity index (χ0n) is 17.6. The Labute approximate surface area is 196 Å². The molecule has 0 saturated carbocycles. The van der Waals surface area contributed by atoms with Gasteiger partial charge in [0.15, 0.2) is 14.2 Å². The number of benzene rings is 2. The van der Waals surface area contributed by atoms with Crippen LogP contribution in [0.15, 0.2) is 58.9 Å². The molecule has 0 unspecified atom stereocenters. The van der Waals surface area contributed by atoms with Gasteiger partial charge in [0.2, 0.25) is 11.0 Å². The summed E-state index contributed by atoms with van der Waals surface area (Å²) in [5.74, 6) is 0.250. The predicted octanol–water partition coefficient (Wildman–Crippen LogP) is 3.90. The van der Waals surface area contributed by atoms with Crippen LogP contribution in [0, 0.1) is 6.92 Å². The van der Waals surface area contributed by atoms with Crippen molar-refractivity contribution in [3.8, 4) is 0 Å². The lowest BCUT2D eigenvalue weighted by molar-refractivity contribution is -0.130. The predicted molar refractivity (Wildman–Crippen MR) is 129 cm³/mol. The lowest BCUT2D eigenvalue weighted by Gasteiger charge is -2.28. The zero-order valence-corrected chi connectivity index (χ0v) is 20.0. The highest BCUT2D eigenvalue weighted by atomic mass is 32.2. The van der Waals surface area contributed by atoms with Gasteiger partial charge in [0, 0.05) is 18.3 Å². The topological polar surface area (TPSA) is 92.3 Å². The van der Waals surface area contributed by atoms with E-state index in [9.17, 15) is 13.2 Å². The second-order valence-corrected chi connectivity index (χ2v) is 12.1. The molecule has 7 nitrogen and oxygen atoms in total. The van der Waals surface area contributed by atoms with Gasteiger partial charge in [-0.3, -0.25) is 4.79 Å². The lowest BCUT2D eigenvalue weighted by atomic mass is 10.1. The van der Waals surface area contributed by atoms with Gasteiger partial charge in [0.25, 0.3) is 0 Å². The number of sulfone groups is 1. The Hall–Kier alpha value is -2.43. The van der Waals surface area contributed by atoms with E-state index in [1.807, 2.05) is 61.5 Å². The third-order valence-corrected chi connectivity index (χ3v) is 8.90. The first-order valence-electron chi connectivity index (χ1n) is 10.2. The zero-order chi connectivity index (χ0) is 22.6. The molecular weight excluding hydrogens is 464 g/mol. The van der Waals surface area contributed by atoms with Crippen molar-refractivity contribution in [2.24, 2.45) is 0 Å². The molecule has 2 aromatic carbocycles. The Morgan fingerprint density at radius 2 is 1.91 bits per heavy atom. The van der Waals surface area contributed by atoms with E-state index in [1.165, 1.54) is 28.7 Å². The van der Waals surface area contributed by atoms with Crippen LogP contribution < -0.4 is 5.32 Å². The highest BCUT2D eigenvalue weighted by molar-refractivity contribution is 8.01. The number of carbonyl (C=O) groups excluding carboxylic acids is 1. The van der Waals surface area contributed by atoms with Crippen LogP contribution in [0.3, 0.4) is 0 Å². The maximum Gasteiger partial charge on any atom is 0.233 e. The summed E-state index contributed by atoms with van der Waals surface area (Å²) in [7, 11) is -3.09. The van der Waals surface area contributed by atoms with Gasteiger partial charge >= 0.3 is 0 Å². The molecule has 1 saturated heterocycles. The number of nitrogens with zero attached hydrogens (tertiary/aromatic N) is 3. The molecule has 168 valence electrons. The number of nitrogens with one attached hydrogen (secondary N) is 1. The van der Waals surface area contributed by atoms with E-state index >= 15 is 0 Å². The van der Waals surface area contributed by atoms with Crippen molar-refractivity contribution in [2.45, 2.75) is 30.3 Å². The molecule has 1 aromatic heterocycles. The monoisotopic (exact) mass is 488 g/mol. The Morgan fingerprint density at radius 3 is 2.59 bits per heavy atom. The van der Waals surface area contributed by atoms with E-state index in [4.69, 9.17) is 0 Å². The number of carbonyl (C=O) groups is 1. The molecule has 1 N–H and O–H groups in total. The van der Waals surface area contributed by atoms with Gasteiger partial charge in [0.05, 0.1) is 17.3 Å². The molecule has 32 heavy (non-hydrogen) atoms. The van der Waals surface area contributed by atoms with E-state index in [1.54, 1.807) is 4.90 Å². The maximum absolute atomic E-state index is 13.1. The molecule has 1 fully saturated rings. The van der Waals surface area contributed by atoms with Crippen LogP contribution in [0.2, 0.25) is 0 Å². The van der Waals surface area contributed by atoms with Crippen molar-refractivity contribution < 1.29 is 13.2 Å². The molecule has 10 heteroatoms. The van der Waals surface area contributed by atoms with Gasteiger partial charge in [-0.05, 0) is 31.0 Å². The van der Waals surface area contributed by atoms with Gasteiger partial charge in [-0.2, -0.15) is 0 Å². The quantitative estimate of drug-likeness (QED) is 0.481. The summed E-state index contributed by atoms with van der Waals surface area (Å²) < 4.78 is 24.7. The first-order valence-corrected chi connectivity index (χ1v) is 13.8. The standard InChI is InChI=1S/C22H24N4O3S3/c1-16-7-9-18(10-8-16)23-21-24-25-22(31-21)30-14-20(27)26(13-17-5-3-2-4-6-17)19-11-12-32(28,29)15-19/h2-10,19H,11-15H2,1H3,(H,23,24)/t19-/m0/s1. The number of aryl methyl sites for hydroxylation is 1. The molecule has 4 rings (SSSR count). The Morgan fingerprint density at radius 1 is 1.16 bits per heavy atom. The van der Waals surface area contributed by atoms with Gasteiger partial charge < -0.3 is 10.2 Å². The van der Waals surface area contributed by atoms with Crippen molar-refractivity contribution in [1.29, 1.82) is 0 Å². The Kier molecular flexibility index (Phi) is 7.12. The number of rotatable bonds is 8. The van der Waals surface area contributed by atoms with Crippen molar-refractivity contribution in [1.82, 2.24) is 15.1 Å². The summed E-state index contributed by atoms with van der Waals surface area (Å²) in [5.41, 5.74) is 3.09. The van der Waals surface area contributed by atoms with E-state index in [2.05, 4.69) is 15.5 Å². The van der Waals surface area contributed by atoms with Crippen molar-refractivity contribution in [3.05, 3.63) is 65.7 Å². The lowest BCUT2D eigenvalue weighted by Crippen LogP contribution is -2.41. The Balaban J connectivity index is 1.39. The molecule has 1 amide bonds. The number of aromatic nitrogens is 2. The minimum Gasteiger partial charge on any atom is -0.334 e. The summed E-state index contributed by atoms with van der Waals surface area (Å²) in [6.07, 6.45) is 0.481. The van der Waals surface area contributed by atoms with Gasteiger partial charge in [0.1, 0.15) is 0 Å². The van der Waals surface area contributed by atoms with Crippen LogP contribution >= 0.6 is 23.1 Å². The van der Waals surface area contributed by atoms with E-state index in [-0.39, 0.29) is 29.2 Å². The van der Waals surface area contributed by atoms with Crippen LogP contribution in [0.5, 0.6) is 0 Å². The summed E-state index contributed by atoms with van der Waals surface area (Å²) >= 11 is 2.71. The molecule has 0 aliphatic carbocycles. The van der Waals surface area contributed by atoms with Crippen LogP contribution in [-0.4, -0.2) is 52.7 Å². The molecule has 2 heterocycles. The van der Waals surface area contributed by atoms with Crippen molar-refractivity contribution in [2.75, 3.05) is 22.6 Å². The first kappa shape index (κ1) is 22.8. The highest BCUT2D eigenvalue weighted by Gasteiger charge is 2.34. The second kappa shape index (κ2) is 10.0. The van der Waals surface area contributed by atoms with Crippen LogP contribution in [0.4, 0.5) is 10.8 Å². The fourth-order valence-electron chi connectivity index (χ4n) is 3.51. The molecule has 0 spiro atoms. The third kappa shape index (κ3) is 6.08. The molecule has 1 aliphatic heterocycles. The number of anilines is 2. The SMILES string of the molecule is Cc1ccc(Nc2nnc(SCC(=O)N(Cc3ccccc3)[C@H]3CCS(=O)(=O)C3)s2)cc1. The first-order chi connectivity index (χ1) is 15.4. The van der Waals surface area contributed by atoms with E-state index in [0.717, 1.165) is 11.3 Å². The van der Waals surface area contributed by atoms with Crippen LogP contribution in [0.1, 0.15) is 17.5 Å². The van der Waals surface area contributed by atoms with Crippen molar-refractivity contribution in [3.63, 3.8) is 0 Å². The third-order valence-electron chi connectivity index (χ3n) is 5.19. The number of amides is 1. The van der Waals surface area contributed by atoms with Crippen molar-refractivity contribution >= 4 is 49.7 Å². The van der Waals surface area contributed by atoms with Crippen LogP contribution in [0.25, 0.3) is 0 Å². The molecule has 0 bridgehead atoms. The summed E-state index contributed by atoms with van der Waals surface area (Å²) in [6.45, 7) is 2.43. The van der Waals surface area contributed by atoms with Gasteiger partial charge in [-0.15, -0.1) is 10.2 Å². The largest absolute Gasteiger partial charge is 0.334 e. The molecular formula is C22H24N4O3S3. The highest BCUT2D eigenvalue weighted by Crippen LogP contribution is 2.29. The minimum absolute atomic E-state index is 0.0274. The smallest absolute Gasteiger partial charge is 0.233 e. The number of hydrogen-bond acceptors (Lipinski definition) is 8. The Bertz CT molecular complexity index is 1160. The normalized spacial score (nSPS) is 17.2. The summed E-state index contributed by atoms with van der Waals surface area (Å²) in [4.78, 5) is 14.8. The average Bonchev–Trinajstić information content (AvgIpc) is 3.38. The summed E-state index contributed by atoms with van der Waals surface area (Å²) in [5, 5.41) is 12.2. The fourth-order valence-corrected chi connectivity index (χ4v) is 6.90. The second-order valence-electron chi connectivity index (χ2n) is 7.72. The van der Waals surface area contributed by atoms with Gasteiger partial charge in [-0.1, -0.05) is 71.1 Å². The van der Waals surface area contributed by atoms with E-state index in [0.29, 0.717) is 22.4 Å². The minimum atomic E-state index is -3.09. The molecule has 1 aliphatic rings. The number of hydrogen-bond donors (Lipinski definition) is 1. The molecule has 3 aromatic rings. The van der Waals surface area contributed by atoms with Crippen LogP contribution in [-0.2, 0) is 21.2 Å². The molecule has 1 atom stereocenters. The van der Waals surface area contributed by atoms with E-state index < -0.39 is 9.84 Å².